The van der Waals surface area contributed by atoms with Crippen LogP contribution in [0.1, 0.15) is 32.6 Å². The second-order valence-electron chi connectivity index (χ2n) is 5.59. The van der Waals surface area contributed by atoms with E-state index in [0.29, 0.717) is 0 Å². The summed E-state index contributed by atoms with van der Waals surface area (Å²) in [6, 6.07) is 9.00. The number of anilines is 2. The van der Waals surface area contributed by atoms with Crippen LogP contribution in [0.2, 0.25) is 0 Å². The van der Waals surface area contributed by atoms with Crippen molar-refractivity contribution in [3.63, 3.8) is 0 Å². The molecule has 0 bridgehead atoms. The van der Waals surface area contributed by atoms with Gasteiger partial charge in [0.2, 0.25) is 0 Å². The molecule has 2 N–H and O–H groups in total. The molecule has 1 aliphatic heterocycles. The zero-order valence-corrected chi connectivity index (χ0v) is 12.3. The van der Waals surface area contributed by atoms with Gasteiger partial charge in [0.05, 0.1) is 0 Å². The molecule has 1 atom stereocenters. The molecule has 19 heavy (non-hydrogen) atoms. The first-order valence-corrected chi connectivity index (χ1v) is 7.51. The van der Waals surface area contributed by atoms with E-state index in [0.717, 1.165) is 24.8 Å². The predicted octanol–water partition coefficient (Wildman–Crippen LogP) is 2.97. The van der Waals surface area contributed by atoms with Crippen molar-refractivity contribution in [3.05, 3.63) is 24.3 Å². The van der Waals surface area contributed by atoms with Gasteiger partial charge in [-0.1, -0.05) is 6.42 Å². The molecule has 1 aromatic rings. The van der Waals surface area contributed by atoms with Gasteiger partial charge < -0.3 is 15.5 Å². The molecule has 1 heterocycles. The average Bonchev–Trinajstić information content (AvgIpc) is 2.43. The summed E-state index contributed by atoms with van der Waals surface area (Å²) in [4.78, 5) is 4.97. The largest absolute Gasteiger partial charge is 0.399 e. The van der Waals surface area contributed by atoms with Gasteiger partial charge >= 0.3 is 0 Å². The maximum atomic E-state index is 5.75. The summed E-state index contributed by atoms with van der Waals surface area (Å²) >= 11 is 0. The second kappa shape index (κ2) is 6.80. The highest BCUT2D eigenvalue weighted by molar-refractivity contribution is 5.52. The molecule has 0 amide bonds. The number of likely N-dealkylation sites (tertiary alicyclic amines) is 1. The molecule has 106 valence electrons. The number of rotatable bonds is 5. The molecule has 1 saturated heterocycles. The van der Waals surface area contributed by atoms with Crippen molar-refractivity contribution in [2.75, 3.05) is 37.3 Å². The van der Waals surface area contributed by atoms with Crippen molar-refractivity contribution in [1.82, 2.24) is 4.90 Å². The van der Waals surface area contributed by atoms with Crippen LogP contribution in [0.15, 0.2) is 24.3 Å². The van der Waals surface area contributed by atoms with Gasteiger partial charge in [0, 0.05) is 30.5 Å². The summed E-state index contributed by atoms with van der Waals surface area (Å²) in [6.45, 7) is 5.68. The molecule has 0 saturated carbocycles. The van der Waals surface area contributed by atoms with E-state index in [-0.39, 0.29) is 0 Å². The van der Waals surface area contributed by atoms with Crippen molar-refractivity contribution in [3.8, 4) is 0 Å². The molecule has 1 aromatic carbocycles. The molecule has 0 aliphatic carbocycles. The minimum atomic E-state index is 0.761. The van der Waals surface area contributed by atoms with Crippen molar-refractivity contribution >= 4 is 11.4 Å². The van der Waals surface area contributed by atoms with Crippen LogP contribution in [-0.4, -0.2) is 37.6 Å². The lowest BCUT2D eigenvalue weighted by atomic mass is 10.00. The monoisotopic (exact) mass is 261 g/mol. The second-order valence-corrected chi connectivity index (χ2v) is 5.59. The van der Waals surface area contributed by atoms with E-state index in [4.69, 9.17) is 5.73 Å². The number of benzene rings is 1. The Kier molecular flexibility index (Phi) is 5.08. The number of hydrogen-bond acceptors (Lipinski definition) is 3. The molecule has 0 spiro atoms. The Labute approximate surface area is 117 Å². The van der Waals surface area contributed by atoms with Crippen LogP contribution in [0.3, 0.4) is 0 Å². The molecule has 1 aliphatic rings. The first-order valence-electron chi connectivity index (χ1n) is 7.51. The van der Waals surface area contributed by atoms with Crippen LogP contribution >= 0.6 is 0 Å². The quantitative estimate of drug-likeness (QED) is 0.827. The third kappa shape index (κ3) is 3.87. The smallest absolute Gasteiger partial charge is 0.0367 e. The first-order chi connectivity index (χ1) is 9.20. The minimum absolute atomic E-state index is 0.761. The van der Waals surface area contributed by atoms with Crippen LogP contribution in [0, 0.1) is 0 Å². The van der Waals surface area contributed by atoms with Crippen LogP contribution < -0.4 is 10.6 Å². The lowest BCUT2D eigenvalue weighted by Crippen LogP contribution is -2.39. The molecule has 1 unspecified atom stereocenters. The molecule has 0 aromatic heterocycles. The summed E-state index contributed by atoms with van der Waals surface area (Å²) in [5, 5.41) is 0. The van der Waals surface area contributed by atoms with E-state index in [9.17, 15) is 0 Å². The van der Waals surface area contributed by atoms with Crippen LogP contribution in [-0.2, 0) is 0 Å². The Morgan fingerprint density at radius 3 is 2.63 bits per heavy atom. The average molecular weight is 261 g/mol. The maximum absolute atomic E-state index is 5.75. The fraction of sp³-hybridized carbons (Fsp3) is 0.625. The van der Waals surface area contributed by atoms with E-state index in [2.05, 4.69) is 35.9 Å². The normalized spacial score (nSPS) is 20.4. The Bertz CT molecular complexity index is 374. The van der Waals surface area contributed by atoms with Crippen LogP contribution in [0.4, 0.5) is 11.4 Å². The fourth-order valence-electron chi connectivity index (χ4n) is 2.97. The van der Waals surface area contributed by atoms with E-state index < -0.39 is 0 Å². The molecule has 3 heteroatoms. The van der Waals surface area contributed by atoms with Crippen molar-refractivity contribution < 1.29 is 0 Å². The zero-order chi connectivity index (χ0) is 13.7. The summed E-state index contributed by atoms with van der Waals surface area (Å²) in [5.41, 5.74) is 7.88. The van der Waals surface area contributed by atoms with Gasteiger partial charge in [-0.2, -0.15) is 0 Å². The Hall–Kier alpha value is -1.22. The van der Waals surface area contributed by atoms with Gasteiger partial charge in [0.25, 0.3) is 0 Å². The summed E-state index contributed by atoms with van der Waals surface area (Å²) in [5.74, 6) is 0. The van der Waals surface area contributed by atoms with Crippen LogP contribution in [0.25, 0.3) is 0 Å². The highest BCUT2D eigenvalue weighted by Crippen LogP contribution is 2.21. The van der Waals surface area contributed by atoms with E-state index in [1.807, 2.05) is 12.1 Å². The topological polar surface area (TPSA) is 32.5 Å². The van der Waals surface area contributed by atoms with Crippen molar-refractivity contribution in [2.24, 2.45) is 0 Å². The number of nitrogens with two attached hydrogens (primary N) is 1. The van der Waals surface area contributed by atoms with E-state index in [1.54, 1.807) is 0 Å². The van der Waals surface area contributed by atoms with E-state index >= 15 is 0 Å². The third-order valence-electron chi connectivity index (χ3n) is 4.29. The van der Waals surface area contributed by atoms with Gasteiger partial charge in [-0.05, 0) is 64.0 Å². The number of piperidine rings is 1. The molecular formula is C16H27N3. The third-order valence-corrected chi connectivity index (χ3v) is 4.29. The van der Waals surface area contributed by atoms with Gasteiger partial charge in [-0.3, -0.25) is 0 Å². The highest BCUT2D eigenvalue weighted by Gasteiger charge is 2.19. The molecule has 0 radical (unpaired) electrons. The molecule has 1 fully saturated rings. The maximum Gasteiger partial charge on any atom is 0.0367 e. The Morgan fingerprint density at radius 2 is 2.00 bits per heavy atom. The molecule has 3 nitrogen and oxygen atoms in total. The summed E-state index contributed by atoms with van der Waals surface area (Å²) in [6.07, 6.45) is 5.37. The lowest BCUT2D eigenvalue weighted by molar-refractivity contribution is 0.177. The number of nitrogen functional groups attached to an aromatic ring is 1. The highest BCUT2D eigenvalue weighted by atomic mass is 15.2. The SMILES string of the molecule is CCN(CCC1CCCCN1C)c1ccc(N)cc1. The number of hydrogen-bond donors (Lipinski definition) is 1. The standard InChI is InChI=1S/C16H27N3/c1-3-19(16-9-7-14(17)8-10-16)13-11-15-6-4-5-12-18(15)2/h7-10,15H,3-6,11-13,17H2,1-2H3. The van der Waals surface area contributed by atoms with Crippen molar-refractivity contribution in [2.45, 2.75) is 38.6 Å². The minimum Gasteiger partial charge on any atom is -0.399 e. The zero-order valence-electron chi connectivity index (χ0n) is 12.3. The van der Waals surface area contributed by atoms with Crippen LogP contribution in [0.5, 0.6) is 0 Å². The molecule has 2 rings (SSSR count). The fourth-order valence-corrected chi connectivity index (χ4v) is 2.97. The van der Waals surface area contributed by atoms with Gasteiger partial charge in [0.15, 0.2) is 0 Å². The van der Waals surface area contributed by atoms with Crippen molar-refractivity contribution in [1.29, 1.82) is 0 Å². The lowest BCUT2D eigenvalue weighted by Gasteiger charge is -2.34. The first kappa shape index (κ1) is 14.2. The summed E-state index contributed by atoms with van der Waals surface area (Å²) < 4.78 is 0. The number of nitrogens with zero attached hydrogens (tertiary/aromatic N) is 2. The van der Waals surface area contributed by atoms with E-state index in [1.165, 1.54) is 37.9 Å². The Morgan fingerprint density at radius 1 is 1.26 bits per heavy atom. The Balaban J connectivity index is 1.90. The summed E-state index contributed by atoms with van der Waals surface area (Å²) in [7, 11) is 2.27. The predicted molar refractivity (Wildman–Crippen MR) is 83.6 cm³/mol. The van der Waals surface area contributed by atoms with Gasteiger partial charge in [0.1, 0.15) is 0 Å². The van der Waals surface area contributed by atoms with Gasteiger partial charge in [-0.25, -0.2) is 0 Å². The van der Waals surface area contributed by atoms with Gasteiger partial charge in [-0.15, -0.1) is 0 Å². The molecular weight excluding hydrogens is 234 g/mol.